The molecule has 0 unspecified atom stereocenters. The lowest BCUT2D eigenvalue weighted by atomic mass is 10.3. The van der Waals surface area contributed by atoms with Gasteiger partial charge in [0.1, 0.15) is 0 Å². The third-order valence-corrected chi connectivity index (χ3v) is 2.42. The van der Waals surface area contributed by atoms with Gasteiger partial charge in [0.05, 0.1) is 13.7 Å². The molecule has 3 heteroatoms. The fourth-order valence-electron chi connectivity index (χ4n) is 0.747. The smallest absolute Gasteiger partial charge is 0.173 e. The van der Waals surface area contributed by atoms with E-state index in [1.807, 2.05) is 13.0 Å². The van der Waals surface area contributed by atoms with Crippen LogP contribution in [0.4, 0.5) is 0 Å². The number of hydrogen-bond acceptors (Lipinski definition) is 3. The maximum absolute atomic E-state index is 8.78. The molecule has 0 aromatic carbocycles. The number of thiophene rings is 1. The molecule has 1 aromatic rings. The third kappa shape index (κ3) is 1.30. The fourth-order valence-corrected chi connectivity index (χ4v) is 1.59. The first kappa shape index (κ1) is 7.57. The van der Waals surface area contributed by atoms with Gasteiger partial charge in [0.15, 0.2) is 5.06 Å². The Kier molecular flexibility index (Phi) is 2.29. The summed E-state index contributed by atoms with van der Waals surface area (Å²) in [5.74, 6) is 0. The SMILES string of the molecule is COc1cc(CO)c(C)s1. The lowest BCUT2D eigenvalue weighted by Gasteiger charge is -1.88. The van der Waals surface area contributed by atoms with Crippen molar-refractivity contribution in [1.29, 1.82) is 0 Å². The predicted octanol–water partition coefficient (Wildman–Crippen LogP) is 1.56. The highest BCUT2D eigenvalue weighted by molar-refractivity contribution is 7.13. The van der Waals surface area contributed by atoms with E-state index in [1.165, 1.54) is 0 Å². The van der Waals surface area contributed by atoms with Crippen molar-refractivity contribution >= 4 is 11.3 Å². The number of hydrogen-bond donors (Lipinski definition) is 1. The van der Waals surface area contributed by atoms with Crippen LogP contribution in [0.2, 0.25) is 0 Å². The highest BCUT2D eigenvalue weighted by Crippen LogP contribution is 2.27. The Bertz CT molecular complexity index is 217. The molecule has 56 valence electrons. The molecular weight excluding hydrogens is 148 g/mol. The van der Waals surface area contributed by atoms with E-state index >= 15 is 0 Å². The van der Waals surface area contributed by atoms with Gasteiger partial charge in [-0.05, 0) is 18.6 Å². The summed E-state index contributed by atoms with van der Waals surface area (Å²) in [5.41, 5.74) is 0.960. The van der Waals surface area contributed by atoms with E-state index in [0.717, 1.165) is 15.5 Å². The average molecular weight is 158 g/mol. The van der Waals surface area contributed by atoms with Crippen LogP contribution < -0.4 is 4.74 Å². The van der Waals surface area contributed by atoms with Crippen molar-refractivity contribution in [2.45, 2.75) is 13.5 Å². The molecule has 0 saturated carbocycles. The van der Waals surface area contributed by atoms with Gasteiger partial charge in [-0.15, -0.1) is 11.3 Å². The number of methoxy groups -OCH3 is 1. The minimum Gasteiger partial charge on any atom is -0.487 e. The van der Waals surface area contributed by atoms with Gasteiger partial charge in [0.2, 0.25) is 0 Å². The van der Waals surface area contributed by atoms with Crippen molar-refractivity contribution in [3.8, 4) is 5.06 Å². The summed E-state index contributed by atoms with van der Waals surface area (Å²) < 4.78 is 4.98. The van der Waals surface area contributed by atoms with E-state index in [-0.39, 0.29) is 6.61 Å². The van der Waals surface area contributed by atoms with Crippen LogP contribution in [0.1, 0.15) is 10.4 Å². The van der Waals surface area contributed by atoms with Crippen molar-refractivity contribution in [2.75, 3.05) is 7.11 Å². The van der Waals surface area contributed by atoms with Crippen LogP contribution in [-0.4, -0.2) is 12.2 Å². The molecule has 1 N–H and O–H groups in total. The molecule has 0 saturated heterocycles. The Labute approximate surface area is 64.1 Å². The number of aliphatic hydroxyl groups excluding tert-OH is 1. The molecule has 2 nitrogen and oxygen atoms in total. The van der Waals surface area contributed by atoms with E-state index in [4.69, 9.17) is 9.84 Å². The molecule has 1 rings (SSSR count). The van der Waals surface area contributed by atoms with Gasteiger partial charge in [-0.1, -0.05) is 0 Å². The lowest BCUT2D eigenvalue weighted by Crippen LogP contribution is -1.79. The van der Waals surface area contributed by atoms with Crippen molar-refractivity contribution in [3.63, 3.8) is 0 Å². The third-order valence-electron chi connectivity index (χ3n) is 1.37. The lowest BCUT2D eigenvalue weighted by molar-refractivity contribution is 0.281. The van der Waals surface area contributed by atoms with Gasteiger partial charge in [0.25, 0.3) is 0 Å². The van der Waals surface area contributed by atoms with Gasteiger partial charge < -0.3 is 9.84 Å². The minimum absolute atomic E-state index is 0.103. The van der Waals surface area contributed by atoms with Crippen LogP contribution in [-0.2, 0) is 6.61 Å². The molecular formula is C7H10O2S. The number of rotatable bonds is 2. The second-order valence-electron chi connectivity index (χ2n) is 2.01. The van der Waals surface area contributed by atoms with Crippen molar-refractivity contribution in [3.05, 3.63) is 16.5 Å². The molecule has 0 spiro atoms. The largest absolute Gasteiger partial charge is 0.487 e. The standard InChI is InChI=1S/C7H10O2S/c1-5-6(4-8)3-7(9-2)10-5/h3,8H,4H2,1-2H3. The van der Waals surface area contributed by atoms with Gasteiger partial charge in [-0.3, -0.25) is 0 Å². The topological polar surface area (TPSA) is 29.5 Å². The first-order valence-corrected chi connectivity index (χ1v) is 3.83. The van der Waals surface area contributed by atoms with E-state index in [9.17, 15) is 0 Å². The molecule has 0 fully saturated rings. The summed E-state index contributed by atoms with van der Waals surface area (Å²) in [5, 5.41) is 9.64. The summed E-state index contributed by atoms with van der Waals surface area (Å²) in [6.07, 6.45) is 0. The van der Waals surface area contributed by atoms with Gasteiger partial charge >= 0.3 is 0 Å². The van der Waals surface area contributed by atoms with Crippen LogP contribution in [0.15, 0.2) is 6.07 Å². The Hall–Kier alpha value is -0.540. The van der Waals surface area contributed by atoms with E-state index < -0.39 is 0 Å². The molecule has 0 aliphatic heterocycles. The molecule has 0 aliphatic rings. The van der Waals surface area contributed by atoms with E-state index in [1.54, 1.807) is 18.4 Å². The molecule has 0 atom stereocenters. The quantitative estimate of drug-likeness (QED) is 0.707. The summed E-state index contributed by atoms with van der Waals surface area (Å²) in [4.78, 5) is 1.12. The van der Waals surface area contributed by atoms with Crippen LogP contribution in [0, 0.1) is 6.92 Å². The first-order valence-electron chi connectivity index (χ1n) is 3.02. The Morgan fingerprint density at radius 1 is 1.70 bits per heavy atom. The van der Waals surface area contributed by atoms with Crippen molar-refractivity contribution < 1.29 is 9.84 Å². The Morgan fingerprint density at radius 3 is 2.70 bits per heavy atom. The number of ether oxygens (including phenoxy) is 1. The molecule has 0 bridgehead atoms. The van der Waals surface area contributed by atoms with Crippen LogP contribution in [0.25, 0.3) is 0 Å². The summed E-state index contributed by atoms with van der Waals surface area (Å²) in [6, 6.07) is 1.86. The van der Waals surface area contributed by atoms with Gasteiger partial charge in [-0.25, -0.2) is 0 Å². The normalized spacial score (nSPS) is 9.90. The molecule has 0 radical (unpaired) electrons. The summed E-state index contributed by atoms with van der Waals surface area (Å²) in [7, 11) is 1.63. The second-order valence-corrected chi connectivity index (χ2v) is 3.23. The zero-order valence-corrected chi connectivity index (χ0v) is 6.86. The zero-order valence-electron chi connectivity index (χ0n) is 6.05. The van der Waals surface area contributed by atoms with E-state index in [2.05, 4.69) is 0 Å². The maximum atomic E-state index is 8.78. The number of aryl methyl sites for hydroxylation is 1. The van der Waals surface area contributed by atoms with Crippen molar-refractivity contribution in [2.24, 2.45) is 0 Å². The fraction of sp³-hybridized carbons (Fsp3) is 0.429. The number of aliphatic hydroxyl groups is 1. The minimum atomic E-state index is 0.103. The second kappa shape index (κ2) is 3.03. The Balaban J connectivity index is 2.92. The summed E-state index contributed by atoms with van der Waals surface area (Å²) >= 11 is 1.56. The van der Waals surface area contributed by atoms with Gasteiger partial charge in [-0.2, -0.15) is 0 Å². The monoisotopic (exact) mass is 158 g/mol. The predicted molar refractivity (Wildman–Crippen MR) is 41.5 cm³/mol. The van der Waals surface area contributed by atoms with Crippen LogP contribution in [0.3, 0.4) is 0 Å². The highest BCUT2D eigenvalue weighted by Gasteiger charge is 2.02. The van der Waals surface area contributed by atoms with E-state index in [0.29, 0.717) is 0 Å². The molecule has 0 amide bonds. The summed E-state index contributed by atoms with van der Waals surface area (Å²) in [6.45, 7) is 2.07. The molecule has 0 aliphatic carbocycles. The zero-order chi connectivity index (χ0) is 7.56. The van der Waals surface area contributed by atoms with Crippen LogP contribution >= 0.6 is 11.3 Å². The molecule has 1 aromatic heterocycles. The average Bonchev–Trinajstić information content (AvgIpc) is 2.30. The molecule has 1 heterocycles. The van der Waals surface area contributed by atoms with Crippen molar-refractivity contribution in [1.82, 2.24) is 0 Å². The molecule has 10 heavy (non-hydrogen) atoms. The maximum Gasteiger partial charge on any atom is 0.173 e. The van der Waals surface area contributed by atoms with Gasteiger partial charge in [0, 0.05) is 4.88 Å². The highest BCUT2D eigenvalue weighted by atomic mass is 32.1. The first-order chi connectivity index (χ1) is 4.77. The van der Waals surface area contributed by atoms with Crippen LogP contribution in [0.5, 0.6) is 5.06 Å². The Morgan fingerprint density at radius 2 is 2.40 bits per heavy atom.